The Morgan fingerprint density at radius 2 is 2.00 bits per heavy atom. The molecule has 0 radical (unpaired) electrons. The van der Waals surface area contributed by atoms with Gasteiger partial charge in [0.05, 0.1) is 7.11 Å². The average molecular weight is 244 g/mol. The Hall–Kier alpha value is -2.30. The van der Waals surface area contributed by atoms with E-state index in [1.807, 2.05) is 25.1 Å². The third kappa shape index (κ3) is 2.51. The van der Waals surface area contributed by atoms with Crippen molar-refractivity contribution in [3.05, 3.63) is 41.1 Å². The SMILES string of the molecule is COc1ccc(C)c(Cc2cnc(N)nc2N)c1. The minimum Gasteiger partial charge on any atom is -0.497 e. The molecule has 0 saturated heterocycles. The Bertz CT molecular complexity index is 569. The Morgan fingerprint density at radius 3 is 2.67 bits per heavy atom. The van der Waals surface area contributed by atoms with Gasteiger partial charge in [0.1, 0.15) is 11.6 Å². The molecule has 0 bridgehead atoms. The van der Waals surface area contributed by atoms with E-state index in [0.717, 1.165) is 16.9 Å². The summed E-state index contributed by atoms with van der Waals surface area (Å²) in [5.41, 5.74) is 14.5. The first-order valence-corrected chi connectivity index (χ1v) is 5.60. The van der Waals surface area contributed by atoms with Gasteiger partial charge in [0.2, 0.25) is 5.95 Å². The molecule has 1 aromatic heterocycles. The highest BCUT2D eigenvalue weighted by atomic mass is 16.5. The Labute approximate surface area is 106 Å². The van der Waals surface area contributed by atoms with Gasteiger partial charge in [-0.1, -0.05) is 6.07 Å². The van der Waals surface area contributed by atoms with Crippen molar-refractivity contribution in [1.29, 1.82) is 0 Å². The largest absolute Gasteiger partial charge is 0.497 e. The number of methoxy groups -OCH3 is 1. The summed E-state index contributed by atoms with van der Waals surface area (Å²) in [5.74, 6) is 1.44. The van der Waals surface area contributed by atoms with Crippen LogP contribution in [0.15, 0.2) is 24.4 Å². The molecule has 18 heavy (non-hydrogen) atoms. The Balaban J connectivity index is 2.33. The lowest BCUT2D eigenvalue weighted by Crippen LogP contribution is -2.04. The molecular weight excluding hydrogens is 228 g/mol. The quantitative estimate of drug-likeness (QED) is 0.855. The fourth-order valence-electron chi connectivity index (χ4n) is 1.74. The lowest BCUT2D eigenvalue weighted by molar-refractivity contribution is 0.414. The van der Waals surface area contributed by atoms with Crippen LogP contribution in [0.2, 0.25) is 0 Å². The van der Waals surface area contributed by atoms with Crippen molar-refractivity contribution in [2.75, 3.05) is 18.6 Å². The maximum Gasteiger partial charge on any atom is 0.221 e. The van der Waals surface area contributed by atoms with Crippen LogP contribution < -0.4 is 16.2 Å². The predicted octanol–water partition coefficient (Wildman–Crippen LogP) is 1.55. The molecule has 0 aliphatic heterocycles. The standard InChI is InChI=1S/C13H16N4O/c1-8-3-4-11(18-2)6-9(8)5-10-7-16-13(15)17-12(10)14/h3-4,6-7H,5H2,1-2H3,(H4,14,15,16,17). The highest BCUT2D eigenvalue weighted by molar-refractivity contribution is 5.46. The van der Waals surface area contributed by atoms with Crippen molar-refractivity contribution in [2.24, 2.45) is 0 Å². The Kier molecular flexibility index (Phi) is 3.32. The maximum absolute atomic E-state index is 5.83. The van der Waals surface area contributed by atoms with Crippen molar-refractivity contribution < 1.29 is 4.74 Å². The summed E-state index contributed by atoms with van der Waals surface area (Å²) in [6.07, 6.45) is 2.33. The topological polar surface area (TPSA) is 87.0 Å². The number of benzene rings is 1. The first kappa shape index (κ1) is 12.2. The molecule has 94 valence electrons. The van der Waals surface area contributed by atoms with Crippen molar-refractivity contribution in [3.63, 3.8) is 0 Å². The number of hydrogen-bond donors (Lipinski definition) is 2. The molecule has 0 aliphatic carbocycles. The molecule has 1 heterocycles. The van der Waals surface area contributed by atoms with Crippen molar-refractivity contribution in [1.82, 2.24) is 9.97 Å². The van der Waals surface area contributed by atoms with Crippen LogP contribution >= 0.6 is 0 Å². The van der Waals surface area contributed by atoms with Crippen LogP contribution in [0.3, 0.4) is 0 Å². The minimum absolute atomic E-state index is 0.193. The summed E-state index contributed by atoms with van der Waals surface area (Å²) >= 11 is 0. The number of anilines is 2. The number of hydrogen-bond acceptors (Lipinski definition) is 5. The monoisotopic (exact) mass is 244 g/mol. The first-order valence-electron chi connectivity index (χ1n) is 5.60. The second kappa shape index (κ2) is 4.91. The smallest absolute Gasteiger partial charge is 0.221 e. The van der Waals surface area contributed by atoms with Gasteiger partial charge in [0.25, 0.3) is 0 Å². The van der Waals surface area contributed by atoms with E-state index in [2.05, 4.69) is 9.97 Å². The zero-order valence-electron chi connectivity index (χ0n) is 10.5. The van der Waals surface area contributed by atoms with Gasteiger partial charge in [-0.15, -0.1) is 0 Å². The van der Waals surface area contributed by atoms with Gasteiger partial charge in [-0.2, -0.15) is 4.98 Å². The van der Waals surface area contributed by atoms with E-state index in [0.29, 0.717) is 12.2 Å². The summed E-state index contributed by atoms with van der Waals surface area (Å²) in [6.45, 7) is 2.04. The normalized spacial score (nSPS) is 10.3. The summed E-state index contributed by atoms with van der Waals surface area (Å²) in [6, 6.07) is 5.94. The van der Waals surface area contributed by atoms with E-state index in [9.17, 15) is 0 Å². The second-order valence-electron chi connectivity index (χ2n) is 4.11. The van der Waals surface area contributed by atoms with E-state index in [1.165, 1.54) is 5.56 Å². The molecule has 5 heteroatoms. The number of aryl methyl sites for hydroxylation is 1. The fourth-order valence-corrected chi connectivity index (χ4v) is 1.74. The van der Waals surface area contributed by atoms with Crippen molar-refractivity contribution >= 4 is 11.8 Å². The first-order chi connectivity index (χ1) is 8.60. The highest BCUT2D eigenvalue weighted by Gasteiger charge is 2.07. The fraction of sp³-hybridized carbons (Fsp3) is 0.231. The van der Waals surface area contributed by atoms with Gasteiger partial charge in [0.15, 0.2) is 0 Å². The molecule has 0 atom stereocenters. The van der Waals surface area contributed by atoms with Crippen LogP contribution in [0.5, 0.6) is 5.75 Å². The molecule has 5 nitrogen and oxygen atoms in total. The summed E-state index contributed by atoms with van der Waals surface area (Å²) < 4.78 is 5.21. The summed E-state index contributed by atoms with van der Waals surface area (Å²) in [7, 11) is 1.65. The molecule has 0 fully saturated rings. The number of nitrogen functional groups attached to an aromatic ring is 2. The van der Waals surface area contributed by atoms with Crippen molar-refractivity contribution in [2.45, 2.75) is 13.3 Å². The molecular formula is C13H16N4O. The lowest BCUT2D eigenvalue weighted by Gasteiger charge is -2.09. The van der Waals surface area contributed by atoms with Crippen LogP contribution in [0.4, 0.5) is 11.8 Å². The van der Waals surface area contributed by atoms with Gasteiger partial charge in [-0.3, -0.25) is 0 Å². The average Bonchev–Trinajstić information content (AvgIpc) is 2.35. The molecule has 0 spiro atoms. The van der Waals surface area contributed by atoms with E-state index in [4.69, 9.17) is 16.2 Å². The second-order valence-corrected chi connectivity index (χ2v) is 4.11. The van der Waals surface area contributed by atoms with E-state index < -0.39 is 0 Å². The predicted molar refractivity (Wildman–Crippen MR) is 71.4 cm³/mol. The van der Waals surface area contributed by atoms with E-state index in [1.54, 1.807) is 13.3 Å². The van der Waals surface area contributed by atoms with E-state index >= 15 is 0 Å². The third-order valence-electron chi connectivity index (χ3n) is 2.85. The molecule has 1 aromatic carbocycles. The maximum atomic E-state index is 5.83. The van der Waals surface area contributed by atoms with Gasteiger partial charge >= 0.3 is 0 Å². The number of ether oxygens (including phenoxy) is 1. The molecule has 0 aliphatic rings. The molecule has 4 N–H and O–H groups in total. The third-order valence-corrected chi connectivity index (χ3v) is 2.85. The zero-order chi connectivity index (χ0) is 13.1. The van der Waals surface area contributed by atoms with Crippen LogP contribution in [0.1, 0.15) is 16.7 Å². The van der Waals surface area contributed by atoms with Gasteiger partial charge in [-0.25, -0.2) is 4.98 Å². The van der Waals surface area contributed by atoms with Gasteiger partial charge in [0, 0.05) is 18.2 Å². The number of aromatic nitrogens is 2. The molecule has 0 saturated carbocycles. The molecule has 0 unspecified atom stereocenters. The van der Waals surface area contributed by atoms with Crippen LogP contribution in [-0.2, 0) is 6.42 Å². The van der Waals surface area contributed by atoms with E-state index in [-0.39, 0.29) is 5.95 Å². The molecule has 2 aromatic rings. The summed E-state index contributed by atoms with van der Waals surface area (Å²) in [4.78, 5) is 7.92. The van der Waals surface area contributed by atoms with Crippen molar-refractivity contribution in [3.8, 4) is 5.75 Å². The number of rotatable bonds is 3. The minimum atomic E-state index is 0.193. The number of nitrogens with two attached hydrogens (primary N) is 2. The highest BCUT2D eigenvalue weighted by Crippen LogP contribution is 2.21. The number of nitrogens with zero attached hydrogens (tertiary/aromatic N) is 2. The van der Waals surface area contributed by atoms with Crippen LogP contribution in [-0.4, -0.2) is 17.1 Å². The summed E-state index contributed by atoms with van der Waals surface area (Å²) in [5, 5.41) is 0. The lowest BCUT2D eigenvalue weighted by atomic mass is 10.0. The van der Waals surface area contributed by atoms with Crippen LogP contribution in [0, 0.1) is 6.92 Å². The zero-order valence-corrected chi connectivity index (χ0v) is 10.5. The molecule has 2 rings (SSSR count). The van der Waals surface area contributed by atoms with Crippen LogP contribution in [0.25, 0.3) is 0 Å². The molecule has 0 amide bonds. The van der Waals surface area contributed by atoms with Gasteiger partial charge in [-0.05, 0) is 30.2 Å². The van der Waals surface area contributed by atoms with Gasteiger partial charge < -0.3 is 16.2 Å². The Morgan fingerprint density at radius 1 is 1.22 bits per heavy atom.